The number of ether oxygens (including phenoxy) is 2. The van der Waals surface area contributed by atoms with Crippen LogP contribution in [0, 0.1) is 0 Å². The van der Waals surface area contributed by atoms with Gasteiger partial charge in [0.1, 0.15) is 17.1 Å². The Labute approximate surface area is 180 Å². The van der Waals surface area contributed by atoms with E-state index >= 15 is 0 Å². The molecule has 158 valence electrons. The van der Waals surface area contributed by atoms with Crippen LogP contribution in [0.1, 0.15) is 17.8 Å². The SMILES string of the molecule is COc1cc(-c2cnn(C)c2)ccc1Cc1ncc2ccnc(NCC3CCO3)c2n1. The van der Waals surface area contributed by atoms with Gasteiger partial charge in [-0.25, -0.2) is 15.0 Å². The van der Waals surface area contributed by atoms with Crippen molar-refractivity contribution in [2.45, 2.75) is 18.9 Å². The molecule has 0 bridgehead atoms. The van der Waals surface area contributed by atoms with Gasteiger partial charge in [0.15, 0.2) is 5.82 Å². The molecule has 1 unspecified atom stereocenters. The fraction of sp³-hybridized carbons (Fsp3) is 0.304. The number of nitrogens with one attached hydrogen (secondary N) is 1. The highest BCUT2D eigenvalue weighted by Gasteiger charge is 2.18. The molecule has 0 spiro atoms. The smallest absolute Gasteiger partial charge is 0.152 e. The van der Waals surface area contributed by atoms with Crippen LogP contribution < -0.4 is 10.1 Å². The molecule has 1 fully saturated rings. The molecule has 3 aromatic heterocycles. The number of hydrogen-bond acceptors (Lipinski definition) is 7. The Bertz CT molecular complexity index is 1220. The van der Waals surface area contributed by atoms with Crippen LogP contribution in [0.4, 0.5) is 5.82 Å². The summed E-state index contributed by atoms with van der Waals surface area (Å²) >= 11 is 0. The van der Waals surface area contributed by atoms with Crippen LogP contribution in [0.15, 0.2) is 49.1 Å². The Morgan fingerprint density at radius 2 is 2.10 bits per heavy atom. The van der Waals surface area contributed by atoms with Crippen molar-refractivity contribution in [3.8, 4) is 16.9 Å². The minimum absolute atomic E-state index is 0.251. The number of pyridine rings is 1. The van der Waals surface area contributed by atoms with E-state index in [1.807, 2.05) is 37.8 Å². The molecule has 1 N–H and O–H groups in total. The predicted molar refractivity (Wildman–Crippen MR) is 118 cm³/mol. The number of fused-ring (bicyclic) bond motifs is 1. The average Bonchev–Trinajstić information content (AvgIpc) is 3.19. The van der Waals surface area contributed by atoms with Crippen molar-refractivity contribution < 1.29 is 9.47 Å². The van der Waals surface area contributed by atoms with Crippen LogP contribution in [-0.4, -0.2) is 51.1 Å². The lowest BCUT2D eigenvalue weighted by atomic mass is 10.0. The third-order valence-corrected chi connectivity index (χ3v) is 5.51. The van der Waals surface area contributed by atoms with E-state index in [0.29, 0.717) is 6.42 Å². The molecule has 0 amide bonds. The lowest BCUT2D eigenvalue weighted by Crippen LogP contribution is -2.33. The van der Waals surface area contributed by atoms with Gasteiger partial charge in [0.05, 0.1) is 19.4 Å². The van der Waals surface area contributed by atoms with Crippen LogP contribution >= 0.6 is 0 Å². The molecule has 4 heterocycles. The van der Waals surface area contributed by atoms with Crippen molar-refractivity contribution in [1.82, 2.24) is 24.7 Å². The highest BCUT2D eigenvalue weighted by atomic mass is 16.5. The molecule has 1 saturated heterocycles. The molecule has 1 atom stereocenters. The minimum atomic E-state index is 0.251. The fourth-order valence-corrected chi connectivity index (χ4v) is 3.67. The number of hydrogen-bond donors (Lipinski definition) is 1. The van der Waals surface area contributed by atoms with E-state index in [0.717, 1.165) is 64.6 Å². The van der Waals surface area contributed by atoms with Gasteiger partial charge >= 0.3 is 0 Å². The van der Waals surface area contributed by atoms with Gasteiger partial charge in [0, 0.05) is 61.7 Å². The van der Waals surface area contributed by atoms with Crippen molar-refractivity contribution >= 4 is 16.7 Å². The summed E-state index contributed by atoms with van der Waals surface area (Å²) in [5, 5.41) is 8.57. The summed E-state index contributed by atoms with van der Waals surface area (Å²) in [5.74, 6) is 2.28. The average molecular weight is 416 g/mol. The monoisotopic (exact) mass is 416 g/mol. The molecule has 0 aliphatic carbocycles. The van der Waals surface area contributed by atoms with Crippen molar-refractivity contribution in [1.29, 1.82) is 0 Å². The number of anilines is 1. The maximum Gasteiger partial charge on any atom is 0.152 e. The van der Waals surface area contributed by atoms with Crippen LogP contribution in [0.25, 0.3) is 22.0 Å². The molecule has 8 heteroatoms. The summed E-state index contributed by atoms with van der Waals surface area (Å²) in [6, 6.07) is 8.09. The first kappa shape index (κ1) is 19.4. The maximum atomic E-state index is 5.66. The van der Waals surface area contributed by atoms with E-state index in [1.54, 1.807) is 18.0 Å². The van der Waals surface area contributed by atoms with Crippen LogP contribution in [-0.2, 0) is 18.2 Å². The number of rotatable bonds is 7. The Hall–Kier alpha value is -3.52. The summed E-state index contributed by atoms with van der Waals surface area (Å²) in [6.45, 7) is 1.57. The van der Waals surface area contributed by atoms with Gasteiger partial charge in [-0.05, 0) is 24.1 Å². The van der Waals surface area contributed by atoms with Crippen molar-refractivity contribution in [3.05, 3.63) is 60.4 Å². The van der Waals surface area contributed by atoms with Crippen LogP contribution in [0.3, 0.4) is 0 Å². The molecule has 5 rings (SSSR count). The minimum Gasteiger partial charge on any atom is -0.496 e. The zero-order valence-corrected chi connectivity index (χ0v) is 17.6. The molecule has 0 radical (unpaired) electrons. The molecule has 1 aromatic carbocycles. The molecule has 1 aliphatic heterocycles. The summed E-state index contributed by atoms with van der Waals surface area (Å²) in [4.78, 5) is 13.8. The topological polar surface area (TPSA) is 87.0 Å². The van der Waals surface area contributed by atoms with Crippen molar-refractivity contribution in [2.75, 3.05) is 25.6 Å². The summed E-state index contributed by atoms with van der Waals surface area (Å²) in [7, 11) is 3.59. The first-order valence-electron chi connectivity index (χ1n) is 10.3. The van der Waals surface area contributed by atoms with Gasteiger partial charge < -0.3 is 14.8 Å². The lowest BCUT2D eigenvalue weighted by molar-refractivity contribution is -0.0410. The van der Waals surface area contributed by atoms with E-state index in [2.05, 4.69) is 32.5 Å². The van der Waals surface area contributed by atoms with Gasteiger partial charge in [-0.2, -0.15) is 5.10 Å². The van der Waals surface area contributed by atoms with E-state index in [1.165, 1.54) is 0 Å². The molecule has 1 aliphatic rings. The second-order valence-corrected chi connectivity index (χ2v) is 7.65. The summed E-state index contributed by atoms with van der Waals surface area (Å²) < 4.78 is 12.9. The number of aromatic nitrogens is 5. The van der Waals surface area contributed by atoms with Crippen LogP contribution in [0.5, 0.6) is 5.75 Å². The Kier molecular flexibility index (Phi) is 5.21. The molecule has 0 saturated carbocycles. The van der Waals surface area contributed by atoms with Crippen molar-refractivity contribution in [3.63, 3.8) is 0 Å². The van der Waals surface area contributed by atoms with Crippen LogP contribution in [0.2, 0.25) is 0 Å². The number of benzene rings is 1. The highest BCUT2D eigenvalue weighted by molar-refractivity contribution is 5.87. The largest absolute Gasteiger partial charge is 0.496 e. The standard InChI is InChI=1S/C23H24N6O2/c1-29-14-18(12-27-29)15-3-4-16(20(9-15)30-2)10-21-25-11-17-5-7-24-23(22(17)28-21)26-13-19-6-8-31-19/h3-5,7,9,11-12,14,19H,6,8,10,13H2,1-2H3,(H,24,26). The molecule has 31 heavy (non-hydrogen) atoms. The van der Waals surface area contributed by atoms with E-state index in [4.69, 9.17) is 14.5 Å². The molecular formula is C23H24N6O2. The number of methoxy groups -OCH3 is 1. The Morgan fingerprint density at radius 1 is 1.19 bits per heavy atom. The second-order valence-electron chi connectivity index (χ2n) is 7.65. The molecular weight excluding hydrogens is 392 g/mol. The first-order valence-corrected chi connectivity index (χ1v) is 10.3. The second kappa shape index (κ2) is 8.31. The fourth-order valence-electron chi connectivity index (χ4n) is 3.67. The third-order valence-electron chi connectivity index (χ3n) is 5.51. The highest BCUT2D eigenvalue weighted by Crippen LogP contribution is 2.29. The predicted octanol–water partition coefficient (Wildman–Crippen LogP) is 3.23. The zero-order valence-electron chi connectivity index (χ0n) is 17.6. The zero-order chi connectivity index (χ0) is 21.2. The maximum absolute atomic E-state index is 5.66. The van der Waals surface area contributed by atoms with E-state index in [-0.39, 0.29) is 6.10 Å². The lowest BCUT2D eigenvalue weighted by Gasteiger charge is -2.26. The molecule has 4 aromatic rings. The Balaban J connectivity index is 1.41. The van der Waals surface area contributed by atoms with E-state index < -0.39 is 0 Å². The number of aryl methyl sites for hydroxylation is 1. The van der Waals surface area contributed by atoms with Crippen molar-refractivity contribution in [2.24, 2.45) is 7.05 Å². The van der Waals surface area contributed by atoms with Gasteiger partial charge in [-0.1, -0.05) is 12.1 Å². The normalized spacial score (nSPS) is 15.6. The Morgan fingerprint density at radius 3 is 2.84 bits per heavy atom. The summed E-state index contributed by atoms with van der Waals surface area (Å²) in [5.41, 5.74) is 3.95. The van der Waals surface area contributed by atoms with Gasteiger partial charge in [0.25, 0.3) is 0 Å². The molecule has 8 nitrogen and oxygen atoms in total. The summed E-state index contributed by atoms with van der Waals surface area (Å²) in [6.07, 6.45) is 9.34. The van der Waals surface area contributed by atoms with Gasteiger partial charge in [-0.15, -0.1) is 0 Å². The van der Waals surface area contributed by atoms with Gasteiger partial charge in [0.2, 0.25) is 0 Å². The van der Waals surface area contributed by atoms with Gasteiger partial charge in [-0.3, -0.25) is 4.68 Å². The first-order chi connectivity index (χ1) is 15.2. The number of nitrogens with zero attached hydrogens (tertiary/aromatic N) is 5. The third kappa shape index (κ3) is 4.06. The van der Waals surface area contributed by atoms with E-state index in [9.17, 15) is 0 Å². The quantitative estimate of drug-likeness (QED) is 0.495.